The molecule has 0 bridgehead atoms. The quantitative estimate of drug-likeness (QED) is 0.760. The first kappa shape index (κ1) is 13.8. The van der Waals surface area contributed by atoms with E-state index >= 15 is 0 Å². The number of anilines is 1. The highest BCUT2D eigenvalue weighted by atomic mass is 35.5. The molecule has 20 heavy (non-hydrogen) atoms. The molecule has 0 spiro atoms. The Bertz CT molecular complexity index is 585. The molecule has 106 valence electrons. The van der Waals surface area contributed by atoms with Crippen molar-refractivity contribution in [3.05, 3.63) is 39.9 Å². The lowest BCUT2D eigenvalue weighted by molar-refractivity contribution is -0.139. The molecule has 1 heterocycles. The minimum atomic E-state index is -0.822. The number of hydrogen-bond donors (Lipinski definition) is 2. The molecule has 0 aromatic heterocycles. The number of aliphatic carboxylic acids is 1. The van der Waals surface area contributed by atoms with Crippen LogP contribution in [0.5, 0.6) is 0 Å². The first-order valence-corrected chi connectivity index (χ1v) is 7.48. The summed E-state index contributed by atoms with van der Waals surface area (Å²) in [6.45, 7) is 0. The standard InChI is InChI=1S/C15H15Cl2NO2/c16-8-6-11(17)13-9-4-2-1-3-5-10(9)14(15(19)20)18-12(13)7-8/h2,4,6-7,9-10,14,18H,1,3,5H2,(H,19,20). The Balaban J connectivity index is 2.15. The van der Waals surface area contributed by atoms with Crippen LogP contribution in [0.4, 0.5) is 5.69 Å². The number of rotatable bonds is 1. The summed E-state index contributed by atoms with van der Waals surface area (Å²) in [5, 5.41) is 13.7. The topological polar surface area (TPSA) is 49.3 Å². The van der Waals surface area contributed by atoms with Crippen LogP contribution in [0, 0.1) is 5.92 Å². The zero-order chi connectivity index (χ0) is 14.3. The maximum Gasteiger partial charge on any atom is 0.326 e. The van der Waals surface area contributed by atoms with E-state index in [9.17, 15) is 9.90 Å². The fourth-order valence-corrected chi connectivity index (χ4v) is 3.90. The van der Waals surface area contributed by atoms with Crippen LogP contribution in [0.3, 0.4) is 0 Å². The Morgan fingerprint density at radius 3 is 2.90 bits per heavy atom. The van der Waals surface area contributed by atoms with Crippen LogP contribution in [0.15, 0.2) is 24.3 Å². The smallest absolute Gasteiger partial charge is 0.326 e. The molecule has 0 radical (unpaired) electrons. The van der Waals surface area contributed by atoms with Gasteiger partial charge in [0.25, 0.3) is 0 Å². The van der Waals surface area contributed by atoms with Crippen molar-refractivity contribution in [2.45, 2.75) is 31.2 Å². The third-order valence-corrected chi connectivity index (χ3v) is 4.68. The van der Waals surface area contributed by atoms with Crippen molar-refractivity contribution in [1.29, 1.82) is 0 Å². The number of allylic oxidation sites excluding steroid dienone is 2. The number of carboxylic acids is 1. The molecule has 2 aliphatic rings. The molecule has 0 fully saturated rings. The van der Waals surface area contributed by atoms with E-state index in [0.717, 1.165) is 30.5 Å². The average Bonchev–Trinajstić information content (AvgIpc) is 2.62. The number of carbonyl (C=O) groups is 1. The van der Waals surface area contributed by atoms with Gasteiger partial charge < -0.3 is 10.4 Å². The average molecular weight is 312 g/mol. The minimum absolute atomic E-state index is 0.0254. The molecule has 1 aromatic carbocycles. The van der Waals surface area contributed by atoms with Gasteiger partial charge in [0.15, 0.2) is 0 Å². The lowest BCUT2D eigenvalue weighted by Gasteiger charge is -2.37. The van der Waals surface area contributed by atoms with Gasteiger partial charge in [-0.2, -0.15) is 0 Å². The maximum absolute atomic E-state index is 11.5. The zero-order valence-electron chi connectivity index (χ0n) is 10.8. The Morgan fingerprint density at radius 1 is 1.35 bits per heavy atom. The summed E-state index contributed by atoms with van der Waals surface area (Å²) in [6.07, 6.45) is 7.10. The highest BCUT2D eigenvalue weighted by molar-refractivity contribution is 6.35. The van der Waals surface area contributed by atoms with Gasteiger partial charge in [-0.15, -0.1) is 0 Å². The largest absolute Gasteiger partial charge is 0.480 e. The number of benzene rings is 1. The number of halogens is 2. The molecule has 3 atom stereocenters. The van der Waals surface area contributed by atoms with Crippen molar-refractivity contribution in [3.63, 3.8) is 0 Å². The molecule has 1 aliphatic heterocycles. The van der Waals surface area contributed by atoms with Crippen molar-refractivity contribution in [1.82, 2.24) is 0 Å². The Hall–Kier alpha value is -1.19. The van der Waals surface area contributed by atoms with E-state index in [1.807, 2.05) is 0 Å². The van der Waals surface area contributed by atoms with E-state index in [1.54, 1.807) is 12.1 Å². The first-order valence-electron chi connectivity index (χ1n) is 6.73. The number of fused-ring (bicyclic) bond motifs is 3. The summed E-state index contributed by atoms with van der Waals surface area (Å²) in [7, 11) is 0. The van der Waals surface area contributed by atoms with Gasteiger partial charge in [-0.3, -0.25) is 0 Å². The van der Waals surface area contributed by atoms with E-state index in [0.29, 0.717) is 10.0 Å². The van der Waals surface area contributed by atoms with E-state index in [2.05, 4.69) is 17.5 Å². The van der Waals surface area contributed by atoms with Gasteiger partial charge in [0, 0.05) is 33.1 Å². The van der Waals surface area contributed by atoms with Crippen LogP contribution in [-0.4, -0.2) is 17.1 Å². The molecule has 1 aromatic rings. The molecule has 5 heteroatoms. The van der Waals surface area contributed by atoms with Gasteiger partial charge in [-0.25, -0.2) is 4.79 Å². The molecule has 0 saturated carbocycles. The van der Waals surface area contributed by atoms with Crippen molar-refractivity contribution in [2.75, 3.05) is 5.32 Å². The zero-order valence-corrected chi connectivity index (χ0v) is 12.3. The first-order chi connectivity index (χ1) is 9.58. The van der Waals surface area contributed by atoms with Gasteiger partial charge >= 0.3 is 5.97 Å². The van der Waals surface area contributed by atoms with Gasteiger partial charge in [0.2, 0.25) is 0 Å². The van der Waals surface area contributed by atoms with Crippen LogP contribution in [0.2, 0.25) is 10.0 Å². The van der Waals surface area contributed by atoms with E-state index in [-0.39, 0.29) is 11.8 Å². The fraction of sp³-hybridized carbons (Fsp3) is 0.400. The second-order valence-electron chi connectivity index (χ2n) is 5.36. The van der Waals surface area contributed by atoms with E-state index in [1.165, 1.54) is 0 Å². The van der Waals surface area contributed by atoms with Crippen molar-refractivity contribution in [2.24, 2.45) is 5.92 Å². The molecule has 1 aliphatic carbocycles. The monoisotopic (exact) mass is 311 g/mol. The molecule has 3 nitrogen and oxygen atoms in total. The van der Waals surface area contributed by atoms with Gasteiger partial charge in [-0.1, -0.05) is 35.4 Å². The Kier molecular flexibility index (Phi) is 3.65. The molecule has 2 N–H and O–H groups in total. The summed E-state index contributed by atoms with van der Waals surface area (Å²) in [5.41, 5.74) is 1.71. The molecule has 3 rings (SSSR count). The van der Waals surface area contributed by atoms with Crippen LogP contribution in [0.25, 0.3) is 0 Å². The van der Waals surface area contributed by atoms with Gasteiger partial charge in [0.05, 0.1) is 0 Å². The minimum Gasteiger partial charge on any atom is -0.480 e. The van der Waals surface area contributed by atoms with E-state index < -0.39 is 12.0 Å². The number of hydrogen-bond acceptors (Lipinski definition) is 2. The summed E-state index contributed by atoms with van der Waals surface area (Å²) >= 11 is 12.4. The second kappa shape index (κ2) is 5.30. The Morgan fingerprint density at radius 2 is 2.15 bits per heavy atom. The molecular weight excluding hydrogens is 297 g/mol. The molecule has 3 unspecified atom stereocenters. The summed E-state index contributed by atoms with van der Waals surface area (Å²) in [5.74, 6) is -0.755. The van der Waals surface area contributed by atoms with Crippen LogP contribution < -0.4 is 5.32 Å². The molecule has 0 amide bonds. The van der Waals surface area contributed by atoms with Crippen LogP contribution >= 0.6 is 23.2 Å². The van der Waals surface area contributed by atoms with Gasteiger partial charge in [0.1, 0.15) is 6.04 Å². The third kappa shape index (κ3) is 2.29. The van der Waals surface area contributed by atoms with Crippen LogP contribution in [0.1, 0.15) is 30.7 Å². The third-order valence-electron chi connectivity index (χ3n) is 4.15. The summed E-state index contributed by atoms with van der Waals surface area (Å²) in [4.78, 5) is 11.5. The SMILES string of the molecule is O=C(O)C1Nc2cc(Cl)cc(Cl)c2C2C=CCCCC12. The predicted octanol–water partition coefficient (Wildman–Crippen LogP) is 4.31. The number of carboxylic acid groups (broad SMARTS) is 1. The predicted molar refractivity (Wildman–Crippen MR) is 80.7 cm³/mol. The van der Waals surface area contributed by atoms with Crippen molar-refractivity contribution >= 4 is 34.9 Å². The van der Waals surface area contributed by atoms with Gasteiger partial charge in [-0.05, 0) is 31.4 Å². The highest BCUT2D eigenvalue weighted by Crippen LogP contribution is 2.47. The maximum atomic E-state index is 11.5. The van der Waals surface area contributed by atoms with Crippen LogP contribution in [-0.2, 0) is 4.79 Å². The second-order valence-corrected chi connectivity index (χ2v) is 6.20. The van der Waals surface area contributed by atoms with Crippen molar-refractivity contribution in [3.8, 4) is 0 Å². The number of nitrogens with one attached hydrogen (secondary N) is 1. The molecular formula is C15H15Cl2NO2. The summed E-state index contributed by atoms with van der Waals surface area (Å²) < 4.78 is 0. The fourth-order valence-electron chi connectivity index (χ4n) is 3.28. The Labute approximate surface area is 127 Å². The lowest BCUT2D eigenvalue weighted by atomic mass is 9.76. The summed E-state index contributed by atoms with van der Waals surface area (Å²) in [6, 6.07) is 2.89. The molecule has 0 saturated heterocycles. The highest BCUT2D eigenvalue weighted by Gasteiger charge is 2.40. The lowest BCUT2D eigenvalue weighted by Crippen LogP contribution is -2.43. The normalized spacial score (nSPS) is 28.0. The van der Waals surface area contributed by atoms with E-state index in [4.69, 9.17) is 23.2 Å². The van der Waals surface area contributed by atoms with Crippen molar-refractivity contribution < 1.29 is 9.90 Å².